The number of rotatable bonds is 8. The molecule has 1 N–H and O–H groups in total. The zero-order valence-corrected chi connectivity index (χ0v) is 15.2. The fourth-order valence-corrected chi connectivity index (χ4v) is 3.02. The first-order valence-corrected chi connectivity index (χ1v) is 8.56. The molecule has 1 rings (SSSR count). The third kappa shape index (κ3) is 6.62. The molecule has 0 aliphatic heterocycles. The topological polar surface area (TPSA) is 32.3 Å². The molecule has 1 unspecified atom stereocenters. The van der Waals surface area contributed by atoms with Crippen molar-refractivity contribution in [3.8, 4) is 0 Å². The van der Waals surface area contributed by atoms with Crippen molar-refractivity contribution < 1.29 is 4.79 Å². The van der Waals surface area contributed by atoms with Crippen LogP contribution in [0.2, 0.25) is 0 Å². The average Bonchev–Trinajstić information content (AvgIpc) is 2.42. The zero-order valence-electron chi connectivity index (χ0n) is 13.6. The van der Waals surface area contributed by atoms with Crippen LogP contribution in [0.5, 0.6) is 0 Å². The maximum atomic E-state index is 12.2. The predicted octanol–water partition coefficient (Wildman–Crippen LogP) is 4.00. The maximum absolute atomic E-state index is 12.2. The molecule has 0 saturated carbocycles. The van der Waals surface area contributed by atoms with E-state index < -0.39 is 0 Å². The van der Waals surface area contributed by atoms with E-state index in [0.717, 1.165) is 48.1 Å². The average molecular weight is 355 g/mol. The van der Waals surface area contributed by atoms with Crippen LogP contribution in [0.4, 0.5) is 0 Å². The Labute approximate surface area is 137 Å². The smallest absolute Gasteiger partial charge is 0.251 e. The molecule has 1 aromatic carbocycles. The van der Waals surface area contributed by atoms with Crippen molar-refractivity contribution in [2.24, 2.45) is 0 Å². The fraction of sp³-hybridized carbons (Fsp3) is 0.588. The minimum absolute atomic E-state index is 0.00902. The van der Waals surface area contributed by atoms with Crippen LogP contribution < -0.4 is 5.32 Å². The molecule has 0 radical (unpaired) electrons. The molecular formula is C17H27BrN2O. The third-order valence-electron chi connectivity index (χ3n) is 3.69. The molecule has 1 amide bonds. The van der Waals surface area contributed by atoms with E-state index in [1.165, 1.54) is 0 Å². The Morgan fingerprint density at radius 2 is 1.95 bits per heavy atom. The number of nitrogens with zero attached hydrogens (tertiary/aromatic N) is 1. The highest BCUT2D eigenvalue weighted by Gasteiger charge is 2.11. The van der Waals surface area contributed by atoms with E-state index in [-0.39, 0.29) is 11.9 Å². The van der Waals surface area contributed by atoms with Gasteiger partial charge in [0.15, 0.2) is 0 Å². The van der Waals surface area contributed by atoms with Gasteiger partial charge in [-0.2, -0.15) is 0 Å². The number of aryl methyl sites for hydroxylation is 1. The van der Waals surface area contributed by atoms with Crippen LogP contribution in [0.15, 0.2) is 22.7 Å². The van der Waals surface area contributed by atoms with Crippen LogP contribution in [0.1, 0.15) is 49.5 Å². The van der Waals surface area contributed by atoms with Gasteiger partial charge in [0, 0.05) is 16.1 Å². The fourth-order valence-electron chi connectivity index (χ4n) is 2.41. The van der Waals surface area contributed by atoms with Crippen LogP contribution in [0.25, 0.3) is 0 Å². The van der Waals surface area contributed by atoms with Gasteiger partial charge < -0.3 is 10.2 Å². The van der Waals surface area contributed by atoms with E-state index in [2.05, 4.69) is 46.9 Å². The largest absolute Gasteiger partial charge is 0.350 e. The molecule has 0 spiro atoms. The maximum Gasteiger partial charge on any atom is 0.251 e. The summed E-state index contributed by atoms with van der Waals surface area (Å²) in [4.78, 5) is 14.6. The van der Waals surface area contributed by atoms with Gasteiger partial charge >= 0.3 is 0 Å². The lowest BCUT2D eigenvalue weighted by molar-refractivity contribution is 0.0937. The lowest BCUT2D eigenvalue weighted by atomic mass is 10.1. The Kier molecular flexibility index (Phi) is 7.97. The number of benzene rings is 1. The van der Waals surface area contributed by atoms with Crippen molar-refractivity contribution in [1.29, 1.82) is 0 Å². The number of halogens is 1. The van der Waals surface area contributed by atoms with Crippen molar-refractivity contribution in [3.63, 3.8) is 0 Å². The Bertz CT molecular complexity index is 438. The molecule has 1 aromatic rings. The molecule has 0 aliphatic rings. The summed E-state index contributed by atoms with van der Waals surface area (Å²) >= 11 is 3.44. The van der Waals surface area contributed by atoms with Crippen LogP contribution >= 0.6 is 15.9 Å². The number of amides is 1. The summed E-state index contributed by atoms with van der Waals surface area (Å²) in [6.45, 7) is 11.7. The van der Waals surface area contributed by atoms with E-state index in [1.807, 2.05) is 25.1 Å². The lowest BCUT2D eigenvalue weighted by Crippen LogP contribution is -2.33. The van der Waals surface area contributed by atoms with E-state index in [9.17, 15) is 4.79 Å². The van der Waals surface area contributed by atoms with E-state index in [0.29, 0.717) is 0 Å². The summed E-state index contributed by atoms with van der Waals surface area (Å²) < 4.78 is 0.946. The minimum atomic E-state index is 0.00902. The number of carbonyl (C=O) groups is 1. The Morgan fingerprint density at radius 1 is 1.29 bits per heavy atom. The van der Waals surface area contributed by atoms with E-state index in [4.69, 9.17) is 0 Å². The van der Waals surface area contributed by atoms with Gasteiger partial charge in [0.2, 0.25) is 0 Å². The Hall–Kier alpha value is -0.870. The SMILES string of the molecule is CCN(CC)CCCC(C)NC(=O)c1cc(C)cc(Br)c1. The molecule has 4 heteroatoms. The van der Waals surface area contributed by atoms with Gasteiger partial charge in [-0.15, -0.1) is 0 Å². The van der Waals surface area contributed by atoms with Gasteiger partial charge in [-0.3, -0.25) is 4.79 Å². The quantitative estimate of drug-likeness (QED) is 0.765. The van der Waals surface area contributed by atoms with Gasteiger partial charge in [-0.25, -0.2) is 0 Å². The highest BCUT2D eigenvalue weighted by molar-refractivity contribution is 9.10. The Balaban J connectivity index is 2.43. The van der Waals surface area contributed by atoms with Crippen molar-refractivity contribution in [2.45, 2.75) is 46.6 Å². The zero-order chi connectivity index (χ0) is 15.8. The van der Waals surface area contributed by atoms with Gasteiger partial charge in [-0.05, 0) is 70.1 Å². The summed E-state index contributed by atoms with van der Waals surface area (Å²) in [5.41, 5.74) is 1.81. The van der Waals surface area contributed by atoms with Crippen molar-refractivity contribution in [3.05, 3.63) is 33.8 Å². The molecule has 0 aliphatic carbocycles. The first-order valence-electron chi connectivity index (χ1n) is 7.76. The molecule has 0 aromatic heterocycles. The highest BCUT2D eigenvalue weighted by atomic mass is 79.9. The van der Waals surface area contributed by atoms with Crippen LogP contribution in [0.3, 0.4) is 0 Å². The van der Waals surface area contributed by atoms with Crippen molar-refractivity contribution in [2.75, 3.05) is 19.6 Å². The first-order chi connectivity index (χ1) is 9.96. The van der Waals surface area contributed by atoms with E-state index in [1.54, 1.807) is 0 Å². The highest BCUT2D eigenvalue weighted by Crippen LogP contribution is 2.15. The van der Waals surface area contributed by atoms with Crippen LogP contribution in [-0.2, 0) is 0 Å². The number of carbonyl (C=O) groups excluding carboxylic acids is 1. The summed E-state index contributed by atoms with van der Waals surface area (Å²) in [6, 6.07) is 5.99. The van der Waals surface area contributed by atoms with Gasteiger partial charge in [0.25, 0.3) is 5.91 Å². The summed E-state index contributed by atoms with van der Waals surface area (Å²) in [5, 5.41) is 3.08. The number of hydrogen-bond acceptors (Lipinski definition) is 2. The van der Waals surface area contributed by atoms with Crippen molar-refractivity contribution >= 4 is 21.8 Å². The minimum Gasteiger partial charge on any atom is -0.350 e. The molecular weight excluding hydrogens is 328 g/mol. The molecule has 3 nitrogen and oxygen atoms in total. The molecule has 0 bridgehead atoms. The molecule has 0 fully saturated rings. The molecule has 118 valence electrons. The normalized spacial score (nSPS) is 12.5. The molecule has 0 heterocycles. The third-order valence-corrected chi connectivity index (χ3v) is 4.15. The lowest BCUT2D eigenvalue weighted by Gasteiger charge is -2.20. The van der Waals surface area contributed by atoms with Crippen LogP contribution in [-0.4, -0.2) is 36.5 Å². The monoisotopic (exact) mass is 354 g/mol. The second-order valence-corrected chi connectivity index (χ2v) is 6.48. The first kappa shape index (κ1) is 18.2. The molecule has 1 atom stereocenters. The number of nitrogens with one attached hydrogen (secondary N) is 1. The molecule has 0 saturated heterocycles. The number of hydrogen-bond donors (Lipinski definition) is 1. The Morgan fingerprint density at radius 3 is 2.52 bits per heavy atom. The van der Waals surface area contributed by atoms with Crippen LogP contribution in [0, 0.1) is 6.92 Å². The summed E-state index contributed by atoms with van der Waals surface area (Å²) in [5.74, 6) is 0.00902. The second kappa shape index (κ2) is 9.21. The van der Waals surface area contributed by atoms with Crippen molar-refractivity contribution in [1.82, 2.24) is 10.2 Å². The van der Waals surface area contributed by atoms with Gasteiger partial charge in [0.05, 0.1) is 0 Å². The summed E-state index contributed by atoms with van der Waals surface area (Å²) in [7, 11) is 0. The molecule has 21 heavy (non-hydrogen) atoms. The summed E-state index contributed by atoms with van der Waals surface area (Å²) in [6.07, 6.45) is 2.12. The second-order valence-electron chi connectivity index (χ2n) is 5.56. The van der Waals surface area contributed by atoms with E-state index >= 15 is 0 Å². The van der Waals surface area contributed by atoms with Gasteiger partial charge in [0.1, 0.15) is 0 Å². The van der Waals surface area contributed by atoms with Gasteiger partial charge in [-0.1, -0.05) is 29.8 Å². The predicted molar refractivity (Wildman–Crippen MR) is 92.8 cm³/mol. The standard InChI is InChI=1S/C17H27BrN2O/c1-5-20(6-2)9-7-8-14(4)19-17(21)15-10-13(3)11-16(18)12-15/h10-12,14H,5-9H2,1-4H3,(H,19,21).